The van der Waals surface area contributed by atoms with E-state index in [2.05, 4.69) is 41.6 Å². The van der Waals surface area contributed by atoms with Crippen LogP contribution in [0.15, 0.2) is 42.6 Å². The predicted molar refractivity (Wildman–Crippen MR) is 104 cm³/mol. The maximum Gasteiger partial charge on any atom is 0.123 e. The average Bonchev–Trinajstić information content (AvgIpc) is 2.87. The monoisotopic (exact) mass is 353 g/mol. The molecule has 0 aliphatic carbocycles. The van der Waals surface area contributed by atoms with E-state index in [9.17, 15) is 4.39 Å². The van der Waals surface area contributed by atoms with Gasteiger partial charge in [-0.05, 0) is 75.4 Å². The maximum absolute atomic E-state index is 13.4. The van der Waals surface area contributed by atoms with Crippen molar-refractivity contribution in [2.75, 3.05) is 18.0 Å². The minimum Gasteiger partial charge on any atom is -0.363 e. The minimum absolute atomic E-state index is 0.101. The molecule has 4 heteroatoms. The van der Waals surface area contributed by atoms with E-state index in [1.165, 1.54) is 17.7 Å². The third-order valence-electron chi connectivity index (χ3n) is 6.12. The molecule has 2 aromatic rings. The molecule has 3 heterocycles. The molecule has 2 aliphatic heterocycles. The molecular weight excluding hydrogens is 325 g/mol. The van der Waals surface area contributed by atoms with Crippen molar-refractivity contribution in [3.8, 4) is 0 Å². The fourth-order valence-corrected chi connectivity index (χ4v) is 5.01. The highest BCUT2D eigenvalue weighted by Gasteiger charge is 2.48. The molecule has 1 aromatic carbocycles. The Morgan fingerprint density at radius 2 is 1.96 bits per heavy atom. The van der Waals surface area contributed by atoms with Crippen molar-refractivity contribution in [3.05, 3.63) is 59.7 Å². The predicted octanol–water partition coefficient (Wildman–Crippen LogP) is 4.41. The molecule has 3 nitrogen and oxygen atoms in total. The van der Waals surface area contributed by atoms with E-state index in [1.54, 1.807) is 12.1 Å². The Kier molecular flexibility index (Phi) is 4.47. The van der Waals surface area contributed by atoms with Crippen LogP contribution in [-0.4, -0.2) is 34.6 Å². The first-order valence-electron chi connectivity index (χ1n) is 9.62. The van der Waals surface area contributed by atoms with Crippen LogP contribution >= 0.6 is 0 Å². The quantitative estimate of drug-likeness (QED) is 0.815. The highest BCUT2D eigenvalue weighted by Crippen LogP contribution is 2.44. The fourth-order valence-electron chi connectivity index (χ4n) is 5.01. The number of aryl methyl sites for hydroxylation is 1. The summed E-state index contributed by atoms with van der Waals surface area (Å²) in [6.07, 6.45) is 4.22. The fraction of sp³-hybridized carbons (Fsp3) is 0.500. The number of halogens is 1. The second-order valence-corrected chi connectivity index (χ2v) is 8.48. The smallest absolute Gasteiger partial charge is 0.123 e. The van der Waals surface area contributed by atoms with Gasteiger partial charge in [0.15, 0.2) is 0 Å². The Morgan fingerprint density at radius 1 is 1.19 bits per heavy atom. The molecule has 0 saturated carbocycles. The standard InChI is InChI=1S/C22H28FN3/c1-16-5-4-11-24-20(16)15-25-12-10-21-17(14-25)13-22(2,3)26(21)19-8-6-18(23)7-9-19/h4-9,11,17,21H,10,12-15H2,1-3H3/t17-,21+/m1/s1. The Labute approximate surface area is 155 Å². The van der Waals surface area contributed by atoms with E-state index < -0.39 is 0 Å². The van der Waals surface area contributed by atoms with E-state index in [0.717, 1.165) is 31.7 Å². The molecule has 26 heavy (non-hydrogen) atoms. The van der Waals surface area contributed by atoms with Crippen LogP contribution in [0.4, 0.5) is 10.1 Å². The van der Waals surface area contributed by atoms with Gasteiger partial charge in [-0.15, -0.1) is 0 Å². The number of rotatable bonds is 3. The van der Waals surface area contributed by atoms with Crippen LogP contribution in [0.3, 0.4) is 0 Å². The summed E-state index contributed by atoms with van der Waals surface area (Å²) in [6, 6.07) is 11.7. The van der Waals surface area contributed by atoms with Crippen molar-refractivity contribution in [2.45, 2.75) is 51.7 Å². The number of anilines is 1. The molecule has 2 atom stereocenters. The van der Waals surface area contributed by atoms with Crippen molar-refractivity contribution in [1.82, 2.24) is 9.88 Å². The lowest BCUT2D eigenvalue weighted by molar-refractivity contribution is 0.159. The van der Waals surface area contributed by atoms with Gasteiger partial charge in [0.1, 0.15) is 5.82 Å². The highest BCUT2D eigenvalue weighted by molar-refractivity contribution is 5.52. The van der Waals surface area contributed by atoms with Gasteiger partial charge in [-0.3, -0.25) is 9.88 Å². The molecule has 4 rings (SSSR count). The number of aromatic nitrogens is 1. The lowest BCUT2D eigenvalue weighted by atomic mass is 9.89. The summed E-state index contributed by atoms with van der Waals surface area (Å²) in [5.41, 5.74) is 3.72. The molecule has 0 bridgehead atoms. The summed E-state index contributed by atoms with van der Waals surface area (Å²) in [7, 11) is 0. The van der Waals surface area contributed by atoms with Crippen LogP contribution in [0.1, 0.15) is 37.9 Å². The Hall–Kier alpha value is -1.94. The number of hydrogen-bond donors (Lipinski definition) is 0. The molecule has 0 N–H and O–H groups in total. The molecule has 2 saturated heterocycles. The van der Waals surface area contributed by atoms with Crippen LogP contribution in [0.5, 0.6) is 0 Å². The lowest BCUT2D eigenvalue weighted by Gasteiger charge is -2.42. The zero-order valence-corrected chi connectivity index (χ0v) is 16.0. The van der Waals surface area contributed by atoms with E-state index in [1.807, 2.05) is 24.4 Å². The third kappa shape index (κ3) is 3.23. The van der Waals surface area contributed by atoms with Gasteiger partial charge in [0.2, 0.25) is 0 Å². The minimum atomic E-state index is -0.164. The maximum atomic E-state index is 13.4. The van der Waals surface area contributed by atoms with E-state index in [0.29, 0.717) is 12.0 Å². The second-order valence-electron chi connectivity index (χ2n) is 8.48. The molecule has 1 aromatic heterocycles. The van der Waals surface area contributed by atoms with Crippen LogP contribution < -0.4 is 4.90 Å². The van der Waals surface area contributed by atoms with Crippen molar-refractivity contribution < 1.29 is 4.39 Å². The van der Waals surface area contributed by atoms with Gasteiger partial charge in [-0.25, -0.2) is 4.39 Å². The first kappa shape index (κ1) is 17.5. The molecule has 0 spiro atoms. The van der Waals surface area contributed by atoms with Gasteiger partial charge in [-0.1, -0.05) is 6.07 Å². The third-order valence-corrected chi connectivity index (χ3v) is 6.12. The van der Waals surface area contributed by atoms with Gasteiger partial charge in [0.25, 0.3) is 0 Å². The SMILES string of the molecule is Cc1cccnc1CN1CC[C@H]2[C@@H](C1)CC(C)(C)N2c1ccc(F)cc1. The summed E-state index contributed by atoms with van der Waals surface area (Å²) in [5, 5.41) is 0. The molecule has 138 valence electrons. The van der Waals surface area contributed by atoms with Gasteiger partial charge >= 0.3 is 0 Å². The summed E-state index contributed by atoms with van der Waals surface area (Å²) in [5.74, 6) is 0.482. The number of pyridine rings is 1. The van der Waals surface area contributed by atoms with E-state index in [4.69, 9.17) is 0 Å². The highest BCUT2D eigenvalue weighted by atomic mass is 19.1. The number of benzene rings is 1. The average molecular weight is 353 g/mol. The van der Waals surface area contributed by atoms with Crippen molar-refractivity contribution in [2.24, 2.45) is 5.92 Å². The molecule has 2 aliphatic rings. The second kappa shape index (κ2) is 6.66. The molecule has 0 radical (unpaired) electrons. The van der Waals surface area contributed by atoms with Gasteiger partial charge in [-0.2, -0.15) is 0 Å². The number of hydrogen-bond acceptors (Lipinski definition) is 3. The topological polar surface area (TPSA) is 19.4 Å². The molecule has 0 amide bonds. The molecule has 0 unspecified atom stereocenters. The normalized spacial score (nSPS) is 25.3. The van der Waals surface area contributed by atoms with Gasteiger partial charge in [0.05, 0.1) is 5.69 Å². The molecular formula is C22H28FN3. The Bertz CT molecular complexity index is 771. The number of nitrogens with zero attached hydrogens (tertiary/aromatic N) is 3. The van der Waals surface area contributed by atoms with Crippen LogP contribution in [0, 0.1) is 18.7 Å². The Balaban J connectivity index is 1.51. The van der Waals surface area contributed by atoms with E-state index >= 15 is 0 Å². The lowest BCUT2D eigenvalue weighted by Crippen LogP contribution is -2.48. The number of fused-ring (bicyclic) bond motifs is 1. The van der Waals surface area contributed by atoms with E-state index in [-0.39, 0.29) is 11.4 Å². The number of likely N-dealkylation sites (tertiary alicyclic amines) is 1. The first-order chi connectivity index (χ1) is 12.4. The van der Waals surface area contributed by atoms with Crippen molar-refractivity contribution >= 4 is 5.69 Å². The summed E-state index contributed by atoms with van der Waals surface area (Å²) < 4.78 is 13.4. The zero-order chi connectivity index (χ0) is 18.3. The number of piperidine rings is 1. The Morgan fingerprint density at radius 3 is 2.69 bits per heavy atom. The van der Waals surface area contributed by atoms with Crippen LogP contribution in [0.25, 0.3) is 0 Å². The van der Waals surface area contributed by atoms with Gasteiger partial charge < -0.3 is 4.90 Å². The zero-order valence-electron chi connectivity index (χ0n) is 16.0. The van der Waals surface area contributed by atoms with Crippen LogP contribution in [0.2, 0.25) is 0 Å². The van der Waals surface area contributed by atoms with Crippen molar-refractivity contribution in [1.29, 1.82) is 0 Å². The van der Waals surface area contributed by atoms with Gasteiger partial charge in [0, 0.05) is 43.1 Å². The summed E-state index contributed by atoms with van der Waals surface area (Å²) in [6.45, 7) is 9.92. The molecule has 2 fully saturated rings. The van der Waals surface area contributed by atoms with Crippen molar-refractivity contribution in [3.63, 3.8) is 0 Å². The van der Waals surface area contributed by atoms with Crippen LogP contribution in [-0.2, 0) is 6.54 Å². The first-order valence-corrected chi connectivity index (χ1v) is 9.62. The summed E-state index contributed by atoms with van der Waals surface area (Å²) in [4.78, 5) is 9.67. The largest absolute Gasteiger partial charge is 0.363 e. The summed E-state index contributed by atoms with van der Waals surface area (Å²) >= 11 is 0.